The molecule has 0 spiro atoms. The summed E-state index contributed by atoms with van der Waals surface area (Å²) in [5, 5.41) is 10.3. The molecule has 0 fully saturated rings. The minimum Gasteiger partial charge on any atom is -0.478 e. The number of fused-ring (bicyclic) bond motifs is 1. The summed E-state index contributed by atoms with van der Waals surface area (Å²) in [5.74, 6) is -0.972. The van der Waals surface area contributed by atoms with Gasteiger partial charge in [-0.05, 0) is 43.0 Å². The molecular formula is C15H11N3O2S. The van der Waals surface area contributed by atoms with Crippen molar-refractivity contribution in [2.75, 3.05) is 0 Å². The zero-order valence-electron chi connectivity index (χ0n) is 11.1. The molecule has 0 saturated heterocycles. The SMILES string of the molecule is Cc1nc2ccccc2nc1Sc1cc(C(=O)O)ccn1. The van der Waals surface area contributed by atoms with Gasteiger partial charge in [0.1, 0.15) is 10.1 Å². The van der Waals surface area contributed by atoms with Crippen LogP contribution in [0.1, 0.15) is 16.1 Å². The van der Waals surface area contributed by atoms with E-state index in [0.717, 1.165) is 21.8 Å². The average molecular weight is 297 g/mol. The van der Waals surface area contributed by atoms with Gasteiger partial charge in [-0.2, -0.15) is 0 Å². The lowest BCUT2D eigenvalue weighted by atomic mass is 10.3. The molecule has 6 heteroatoms. The molecule has 2 aromatic heterocycles. The number of hydrogen-bond acceptors (Lipinski definition) is 5. The maximum Gasteiger partial charge on any atom is 0.335 e. The van der Waals surface area contributed by atoms with Crippen molar-refractivity contribution in [1.29, 1.82) is 0 Å². The van der Waals surface area contributed by atoms with Gasteiger partial charge in [-0.15, -0.1) is 0 Å². The van der Waals surface area contributed by atoms with E-state index in [1.165, 1.54) is 30.1 Å². The third-order valence-electron chi connectivity index (χ3n) is 2.88. The number of aromatic nitrogens is 3. The van der Waals surface area contributed by atoms with Crippen molar-refractivity contribution in [3.8, 4) is 0 Å². The van der Waals surface area contributed by atoms with Gasteiger partial charge in [-0.25, -0.2) is 19.7 Å². The minimum atomic E-state index is -0.972. The van der Waals surface area contributed by atoms with Crippen LogP contribution in [0.3, 0.4) is 0 Å². The Morgan fingerprint density at radius 3 is 2.57 bits per heavy atom. The Morgan fingerprint density at radius 1 is 1.14 bits per heavy atom. The predicted octanol–water partition coefficient (Wildman–Crippen LogP) is 3.18. The van der Waals surface area contributed by atoms with E-state index in [1.807, 2.05) is 31.2 Å². The second-order valence-electron chi connectivity index (χ2n) is 4.39. The van der Waals surface area contributed by atoms with Gasteiger partial charge in [0, 0.05) is 6.20 Å². The van der Waals surface area contributed by atoms with Gasteiger partial charge in [0.2, 0.25) is 0 Å². The van der Waals surface area contributed by atoms with Crippen molar-refractivity contribution in [3.63, 3.8) is 0 Å². The highest BCUT2D eigenvalue weighted by molar-refractivity contribution is 7.99. The van der Waals surface area contributed by atoms with Crippen molar-refractivity contribution >= 4 is 28.8 Å². The number of carboxylic acids is 1. The number of pyridine rings is 1. The number of carbonyl (C=O) groups is 1. The number of benzene rings is 1. The van der Waals surface area contributed by atoms with E-state index in [-0.39, 0.29) is 5.56 Å². The fourth-order valence-electron chi connectivity index (χ4n) is 1.87. The largest absolute Gasteiger partial charge is 0.478 e. The first kappa shape index (κ1) is 13.5. The fourth-order valence-corrected chi connectivity index (χ4v) is 2.70. The lowest BCUT2D eigenvalue weighted by molar-refractivity contribution is 0.0696. The second kappa shape index (κ2) is 5.49. The van der Waals surface area contributed by atoms with Crippen molar-refractivity contribution in [3.05, 3.63) is 53.9 Å². The van der Waals surface area contributed by atoms with Crippen molar-refractivity contribution in [2.45, 2.75) is 17.0 Å². The standard InChI is InChI=1S/C15H11N3O2S/c1-9-14(18-12-5-3-2-4-11(12)17-9)21-13-8-10(15(19)20)6-7-16-13/h2-8H,1H3,(H,19,20). The summed E-state index contributed by atoms with van der Waals surface area (Å²) < 4.78 is 0. The Hall–Kier alpha value is -2.47. The molecule has 3 rings (SSSR count). The fraction of sp³-hybridized carbons (Fsp3) is 0.0667. The van der Waals surface area contributed by atoms with E-state index in [4.69, 9.17) is 5.11 Å². The molecule has 1 N–H and O–H groups in total. The van der Waals surface area contributed by atoms with Gasteiger partial charge in [0.15, 0.2) is 0 Å². The highest BCUT2D eigenvalue weighted by Crippen LogP contribution is 2.28. The van der Waals surface area contributed by atoms with E-state index < -0.39 is 5.97 Å². The Bertz CT molecular complexity index is 836. The van der Waals surface area contributed by atoms with E-state index in [0.29, 0.717) is 5.03 Å². The summed E-state index contributed by atoms with van der Waals surface area (Å²) in [5.41, 5.74) is 2.65. The van der Waals surface area contributed by atoms with Crippen LogP contribution in [-0.2, 0) is 0 Å². The summed E-state index contributed by atoms with van der Waals surface area (Å²) in [6.45, 7) is 1.88. The molecule has 0 bridgehead atoms. The monoisotopic (exact) mass is 297 g/mol. The summed E-state index contributed by atoms with van der Waals surface area (Å²) >= 11 is 1.31. The van der Waals surface area contributed by atoms with Crippen molar-refractivity contribution in [2.24, 2.45) is 0 Å². The third-order valence-corrected chi connectivity index (χ3v) is 3.90. The molecule has 104 valence electrons. The molecule has 1 aromatic carbocycles. The van der Waals surface area contributed by atoms with Gasteiger partial charge in [0.25, 0.3) is 0 Å². The Kier molecular flexibility index (Phi) is 3.53. The molecule has 0 saturated carbocycles. The van der Waals surface area contributed by atoms with E-state index in [2.05, 4.69) is 15.0 Å². The third kappa shape index (κ3) is 2.85. The van der Waals surface area contributed by atoms with Gasteiger partial charge in [-0.3, -0.25) is 0 Å². The summed E-state index contributed by atoms with van der Waals surface area (Å²) in [7, 11) is 0. The zero-order valence-corrected chi connectivity index (χ0v) is 12.0. The van der Waals surface area contributed by atoms with Crippen LogP contribution in [0.15, 0.2) is 52.6 Å². The number of aryl methyl sites for hydroxylation is 1. The Labute approximate surface area is 125 Å². The average Bonchev–Trinajstić information content (AvgIpc) is 2.48. The number of carboxylic acid groups (broad SMARTS) is 1. The summed E-state index contributed by atoms with van der Waals surface area (Å²) in [6.07, 6.45) is 1.48. The number of aromatic carboxylic acids is 1. The molecule has 0 aliphatic carbocycles. The lowest BCUT2D eigenvalue weighted by Gasteiger charge is -2.06. The Balaban J connectivity index is 1.99. The predicted molar refractivity (Wildman–Crippen MR) is 79.6 cm³/mol. The molecule has 0 radical (unpaired) electrons. The quantitative estimate of drug-likeness (QED) is 0.800. The molecule has 21 heavy (non-hydrogen) atoms. The van der Waals surface area contributed by atoms with Crippen LogP contribution in [0.5, 0.6) is 0 Å². The highest BCUT2D eigenvalue weighted by Gasteiger charge is 2.10. The maximum atomic E-state index is 11.0. The van der Waals surface area contributed by atoms with Crippen LogP contribution >= 0.6 is 11.8 Å². The molecule has 0 aliphatic rings. The first-order chi connectivity index (χ1) is 10.1. The maximum absolute atomic E-state index is 11.0. The molecule has 0 aliphatic heterocycles. The molecule has 5 nitrogen and oxygen atoms in total. The van der Waals surface area contributed by atoms with Gasteiger partial charge >= 0.3 is 5.97 Å². The molecule has 2 heterocycles. The van der Waals surface area contributed by atoms with Gasteiger partial charge < -0.3 is 5.11 Å². The molecular weight excluding hydrogens is 286 g/mol. The minimum absolute atomic E-state index is 0.207. The van der Waals surface area contributed by atoms with Crippen LogP contribution in [0, 0.1) is 6.92 Å². The van der Waals surface area contributed by atoms with E-state index in [1.54, 1.807) is 0 Å². The summed E-state index contributed by atoms with van der Waals surface area (Å²) in [4.78, 5) is 24.2. The van der Waals surface area contributed by atoms with Crippen LogP contribution in [-0.4, -0.2) is 26.0 Å². The van der Waals surface area contributed by atoms with E-state index in [9.17, 15) is 4.79 Å². The second-order valence-corrected chi connectivity index (χ2v) is 5.40. The van der Waals surface area contributed by atoms with Crippen LogP contribution in [0.25, 0.3) is 11.0 Å². The topological polar surface area (TPSA) is 76.0 Å². The highest BCUT2D eigenvalue weighted by atomic mass is 32.2. The van der Waals surface area contributed by atoms with Crippen molar-refractivity contribution in [1.82, 2.24) is 15.0 Å². The van der Waals surface area contributed by atoms with E-state index >= 15 is 0 Å². The summed E-state index contributed by atoms with van der Waals surface area (Å²) in [6, 6.07) is 10.6. The number of hydrogen-bond donors (Lipinski definition) is 1. The van der Waals surface area contributed by atoms with Gasteiger partial charge in [0.05, 0.1) is 22.3 Å². The molecule has 3 aromatic rings. The smallest absolute Gasteiger partial charge is 0.335 e. The molecule has 0 unspecified atom stereocenters. The van der Waals surface area contributed by atoms with Crippen LogP contribution < -0.4 is 0 Å². The van der Waals surface area contributed by atoms with Crippen LogP contribution in [0.4, 0.5) is 0 Å². The zero-order chi connectivity index (χ0) is 14.8. The Morgan fingerprint density at radius 2 is 1.86 bits per heavy atom. The van der Waals surface area contributed by atoms with Gasteiger partial charge in [-0.1, -0.05) is 12.1 Å². The first-order valence-electron chi connectivity index (χ1n) is 6.24. The molecule has 0 atom stereocenters. The normalized spacial score (nSPS) is 10.7. The molecule has 0 amide bonds. The lowest BCUT2D eigenvalue weighted by Crippen LogP contribution is -1.97. The van der Waals surface area contributed by atoms with Crippen LogP contribution in [0.2, 0.25) is 0 Å². The number of nitrogens with zero attached hydrogens (tertiary/aromatic N) is 3. The number of rotatable bonds is 3. The number of para-hydroxylation sites is 2. The first-order valence-corrected chi connectivity index (χ1v) is 7.06. The van der Waals surface area contributed by atoms with Crippen molar-refractivity contribution < 1.29 is 9.90 Å².